The van der Waals surface area contributed by atoms with Gasteiger partial charge in [-0.1, -0.05) is 23.5 Å². The molecule has 1 amide bonds. The van der Waals surface area contributed by atoms with Gasteiger partial charge in [-0.25, -0.2) is 9.97 Å². The molecular weight excluding hydrogens is 284 g/mol. The van der Waals surface area contributed by atoms with Crippen LogP contribution in [0.4, 0.5) is 5.13 Å². The van der Waals surface area contributed by atoms with E-state index in [4.69, 9.17) is 0 Å². The van der Waals surface area contributed by atoms with Gasteiger partial charge in [0.05, 0.1) is 16.5 Å². The van der Waals surface area contributed by atoms with Crippen LogP contribution >= 0.6 is 11.3 Å². The van der Waals surface area contributed by atoms with Crippen LogP contribution in [-0.2, 0) is 4.79 Å². The number of rotatable bonds is 3. The first-order chi connectivity index (χ1) is 10.1. The van der Waals surface area contributed by atoms with Crippen LogP contribution in [0.3, 0.4) is 0 Å². The van der Waals surface area contributed by atoms with E-state index >= 15 is 0 Å². The fourth-order valence-corrected chi connectivity index (χ4v) is 3.17. The number of aryl methyl sites for hydroxylation is 2. The highest BCUT2D eigenvalue weighted by molar-refractivity contribution is 7.22. The largest absolute Gasteiger partial charge is 0.325 e. The number of benzene rings is 1. The second-order valence-corrected chi connectivity index (χ2v) is 6.07. The smallest absolute Gasteiger partial charge is 0.248 e. The minimum atomic E-state index is -0.318. The molecule has 1 aromatic carbocycles. The maximum absolute atomic E-state index is 12.3. The van der Waals surface area contributed by atoms with Crippen molar-refractivity contribution < 1.29 is 4.79 Å². The number of hydrogen-bond donors (Lipinski definition) is 1. The van der Waals surface area contributed by atoms with Gasteiger partial charge in [-0.2, -0.15) is 0 Å². The summed E-state index contributed by atoms with van der Waals surface area (Å²) in [6.45, 7) is 5.92. The van der Waals surface area contributed by atoms with Crippen LogP contribution in [0, 0.1) is 13.8 Å². The highest BCUT2D eigenvalue weighted by Crippen LogP contribution is 2.31. The van der Waals surface area contributed by atoms with Crippen molar-refractivity contribution in [1.29, 1.82) is 0 Å². The number of imidazole rings is 1. The summed E-state index contributed by atoms with van der Waals surface area (Å²) in [4.78, 5) is 20.8. The molecule has 0 radical (unpaired) electrons. The van der Waals surface area contributed by atoms with Gasteiger partial charge in [0.25, 0.3) is 0 Å². The Morgan fingerprint density at radius 1 is 1.33 bits per heavy atom. The van der Waals surface area contributed by atoms with E-state index in [-0.39, 0.29) is 11.9 Å². The molecule has 0 fully saturated rings. The van der Waals surface area contributed by atoms with Crippen LogP contribution in [0.15, 0.2) is 30.9 Å². The lowest BCUT2D eigenvalue weighted by molar-refractivity contribution is -0.118. The van der Waals surface area contributed by atoms with Crippen LogP contribution < -0.4 is 5.32 Å². The zero-order valence-electron chi connectivity index (χ0n) is 12.1. The van der Waals surface area contributed by atoms with E-state index in [9.17, 15) is 4.79 Å². The molecule has 3 aromatic rings. The molecule has 0 spiro atoms. The molecule has 21 heavy (non-hydrogen) atoms. The number of nitrogens with zero attached hydrogens (tertiary/aromatic N) is 3. The fourth-order valence-electron chi connectivity index (χ4n) is 2.16. The standard InChI is InChI=1S/C15H16N4OS/c1-9-4-5-10(2)13-12(9)17-15(21-13)18-14(20)11(3)19-7-6-16-8-19/h4-8,11H,1-3H3,(H,17,18,20)/t11-/m1/s1. The molecule has 5 nitrogen and oxygen atoms in total. The summed E-state index contributed by atoms with van der Waals surface area (Å²) in [5.41, 5.74) is 3.26. The summed E-state index contributed by atoms with van der Waals surface area (Å²) in [6, 6.07) is 3.81. The molecule has 108 valence electrons. The van der Waals surface area contributed by atoms with Gasteiger partial charge in [-0.3, -0.25) is 4.79 Å². The monoisotopic (exact) mass is 300 g/mol. The van der Waals surface area contributed by atoms with E-state index in [2.05, 4.69) is 34.3 Å². The summed E-state index contributed by atoms with van der Waals surface area (Å²) in [7, 11) is 0. The van der Waals surface area contributed by atoms with E-state index in [1.807, 2.05) is 13.8 Å². The van der Waals surface area contributed by atoms with Crippen LogP contribution in [0.5, 0.6) is 0 Å². The number of carbonyl (C=O) groups is 1. The lowest BCUT2D eigenvalue weighted by Gasteiger charge is -2.11. The molecule has 6 heteroatoms. The Morgan fingerprint density at radius 2 is 2.10 bits per heavy atom. The first-order valence-electron chi connectivity index (χ1n) is 6.71. The predicted octanol–water partition coefficient (Wildman–Crippen LogP) is 3.31. The van der Waals surface area contributed by atoms with Gasteiger partial charge in [0.2, 0.25) is 5.91 Å². The first kappa shape index (κ1) is 13.8. The van der Waals surface area contributed by atoms with Crippen molar-refractivity contribution in [3.8, 4) is 0 Å². The summed E-state index contributed by atoms with van der Waals surface area (Å²) in [6.07, 6.45) is 5.07. The molecule has 0 aliphatic heterocycles. The maximum Gasteiger partial charge on any atom is 0.248 e. The van der Waals surface area contributed by atoms with Crippen molar-refractivity contribution in [2.75, 3.05) is 5.32 Å². The molecule has 0 saturated heterocycles. The number of anilines is 1. The summed E-state index contributed by atoms with van der Waals surface area (Å²) in [5.74, 6) is -0.0950. The SMILES string of the molecule is Cc1ccc(C)c2sc(NC(=O)[C@@H](C)n3ccnc3)nc12. The number of thiazole rings is 1. The zero-order chi connectivity index (χ0) is 15.0. The van der Waals surface area contributed by atoms with E-state index in [0.29, 0.717) is 5.13 Å². The van der Waals surface area contributed by atoms with Gasteiger partial charge < -0.3 is 9.88 Å². The third-order valence-corrected chi connectivity index (χ3v) is 4.63. The van der Waals surface area contributed by atoms with Gasteiger partial charge >= 0.3 is 0 Å². The minimum absolute atomic E-state index is 0.0950. The van der Waals surface area contributed by atoms with E-state index in [1.54, 1.807) is 23.3 Å². The second-order valence-electron chi connectivity index (χ2n) is 5.07. The molecule has 1 N–H and O–H groups in total. The molecular formula is C15H16N4OS. The Bertz CT molecular complexity index is 752. The molecule has 0 aliphatic carbocycles. The Labute approximate surface area is 126 Å². The van der Waals surface area contributed by atoms with Gasteiger partial charge in [-0.15, -0.1) is 0 Å². The second kappa shape index (κ2) is 5.29. The number of aromatic nitrogens is 3. The van der Waals surface area contributed by atoms with Crippen LogP contribution in [0.1, 0.15) is 24.1 Å². The molecule has 2 heterocycles. The average molecular weight is 300 g/mol. The zero-order valence-corrected chi connectivity index (χ0v) is 12.9. The molecule has 0 bridgehead atoms. The van der Waals surface area contributed by atoms with Crippen molar-refractivity contribution in [2.24, 2.45) is 0 Å². The quantitative estimate of drug-likeness (QED) is 0.807. The third-order valence-electron chi connectivity index (χ3n) is 3.52. The number of amides is 1. The average Bonchev–Trinajstić information content (AvgIpc) is 3.11. The van der Waals surface area contributed by atoms with Gasteiger partial charge in [0, 0.05) is 12.4 Å². The normalized spacial score (nSPS) is 12.5. The molecule has 3 rings (SSSR count). The lowest BCUT2D eigenvalue weighted by Crippen LogP contribution is -2.22. The van der Waals surface area contributed by atoms with E-state index in [0.717, 1.165) is 15.8 Å². The number of hydrogen-bond acceptors (Lipinski definition) is 4. The van der Waals surface area contributed by atoms with Crippen LogP contribution in [0.2, 0.25) is 0 Å². The molecule has 0 aliphatic rings. The number of fused-ring (bicyclic) bond motifs is 1. The third kappa shape index (κ3) is 2.54. The number of carbonyl (C=O) groups excluding carboxylic acids is 1. The van der Waals surface area contributed by atoms with Gasteiger partial charge in [0.1, 0.15) is 6.04 Å². The number of nitrogens with one attached hydrogen (secondary N) is 1. The van der Waals surface area contributed by atoms with Gasteiger partial charge in [-0.05, 0) is 31.9 Å². The van der Waals surface area contributed by atoms with Crippen molar-refractivity contribution in [3.05, 3.63) is 42.0 Å². The first-order valence-corrected chi connectivity index (χ1v) is 7.53. The van der Waals surface area contributed by atoms with Crippen molar-refractivity contribution in [3.63, 3.8) is 0 Å². The Balaban J connectivity index is 1.87. The summed E-state index contributed by atoms with van der Waals surface area (Å²) < 4.78 is 2.89. The van der Waals surface area contributed by atoms with E-state index in [1.165, 1.54) is 16.9 Å². The van der Waals surface area contributed by atoms with Crippen molar-refractivity contribution in [1.82, 2.24) is 14.5 Å². The highest BCUT2D eigenvalue weighted by atomic mass is 32.1. The van der Waals surface area contributed by atoms with Crippen LogP contribution in [0.25, 0.3) is 10.2 Å². The molecule has 0 saturated carbocycles. The Morgan fingerprint density at radius 3 is 2.76 bits per heavy atom. The van der Waals surface area contributed by atoms with Crippen molar-refractivity contribution >= 4 is 32.6 Å². The lowest BCUT2D eigenvalue weighted by atomic mass is 10.1. The minimum Gasteiger partial charge on any atom is -0.325 e. The maximum atomic E-state index is 12.3. The van der Waals surface area contributed by atoms with Crippen molar-refractivity contribution in [2.45, 2.75) is 26.8 Å². The topological polar surface area (TPSA) is 59.8 Å². The molecule has 0 unspecified atom stereocenters. The Hall–Kier alpha value is -2.21. The Kier molecular flexibility index (Phi) is 3.47. The summed E-state index contributed by atoms with van der Waals surface area (Å²) in [5, 5.41) is 3.53. The van der Waals surface area contributed by atoms with Crippen LogP contribution in [-0.4, -0.2) is 20.4 Å². The molecule has 2 aromatic heterocycles. The summed E-state index contributed by atoms with van der Waals surface area (Å²) >= 11 is 1.51. The fraction of sp³-hybridized carbons (Fsp3) is 0.267. The van der Waals surface area contributed by atoms with Gasteiger partial charge in [0.15, 0.2) is 5.13 Å². The van der Waals surface area contributed by atoms with E-state index < -0.39 is 0 Å². The molecule has 1 atom stereocenters. The highest BCUT2D eigenvalue weighted by Gasteiger charge is 2.17. The predicted molar refractivity (Wildman–Crippen MR) is 84.7 cm³/mol.